The third-order valence-electron chi connectivity index (χ3n) is 2.84. The molecule has 0 radical (unpaired) electrons. The fourth-order valence-electron chi connectivity index (χ4n) is 1.64. The Morgan fingerprint density at radius 3 is 2.79 bits per heavy atom. The molecule has 19 heavy (non-hydrogen) atoms. The van der Waals surface area contributed by atoms with Gasteiger partial charge in [-0.15, -0.1) is 0 Å². The summed E-state index contributed by atoms with van der Waals surface area (Å²) in [5, 5.41) is 3.90. The highest BCUT2D eigenvalue weighted by atomic mass is 35.5. The topological polar surface area (TPSA) is 63.2 Å². The molecule has 106 valence electrons. The third-order valence-corrected chi connectivity index (χ3v) is 3.98. The first-order valence-corrected chi connectivity index (χ1v) is 7.86. The van der Waals surface area contributed by atoms with E-state index >= 15 is 0 Å². The van der Waals surface area contributed by atoms with Gasteiger partial charge in [0.05, 0.1) is 13.2 Å². The van der Waals surface area contributed by atoms with Gasteiger partial charge in [-0.25, -0.2) is 0 Å². The Bertz CT molecular complexity index is 416. The zero-order valence-corrected chi connectivity index (χ0v) is 12.7. The van der Waals surface area contributed by atoms with Crippen molar-refractivity contribution in [3.63, 3.8) is 0 Å². The van der Waals surface area contributed by atoms with E-state index in [-0.39, 0.29) is 5.28 Å². The minimum Gasteiger partial charge on any atom is -0.378 e. The lowest BCUT2D eigenvalue weighted by atomic mass is 10.4. The van der Waals surface area contributed by atoms with Crippen molar-refractivity contribution >= 4 is 35.3 Å². The molecule has 1 atom stereocenters. The van der Waals surface area contributed by atoms with E-state index in [9.17, 15) is 0 Å². The highest BCUT2D eigenvalue weighted by Crippen LogP contribution is 2.15. The number of hydrogen-bond acceptors (Lipinski definition) is 7. The van der Waals surface area contributed by atoms with E-state index < -0.39 is 0 Å². The Morgan fingerprint density at radius 2 is 2.11 bits per heavy atom. The van der Waals surface area contributed by atoms with E-state index in [1.54, 1.807) is 11.8 Å². The predicted molar refractivity (Wildman–Crippen MR) is 79.3 cm³/mol. The number of aromatic nitrogens is 3. The molecule has 0 saturated carbocycles. The fourth-order valence-corrected chi connectivity index (χ4v) is 2.05. The van der Waals surface area contributed by atoms with Gasteiger partial charge in [0.15, 0.2) is 0 Å². The molecule has 0 spiro atoms. The Balaban J connectivity index is 2.05. The van der Waals surface area contributed by atoms with Gasteiger partial charge in [0.2, 0.25) is 17.2 Å². The lowest BCUT2D eigenvalue weighted by molar-refractivity contribution is 0.122. The van der Waals surface area contributed by atoms with Crippen molar-refractivity contribution in [1.29, 1.82) is 0 Å². The van der Waals surface area contributed by atoms with Crippen LogP contribution in [0.25, 0.3) is 0 Å². The van der Waals surface area contributed by atoms with Gasteiger partial charge < -0.3 is 15.0 Å². The summed E-state index contributed by atoms with van der Waals surface area (Å²) in [6.07, 6.45) is 2.08. The van der Waals surface area contributed by atoms with Crippen LogP contribution in [-0.4, -0.2) is 59.3 Å². The van der Waals surface area contributed by atoms with E-state index in [0.717, 1.165) is 19.6 Å². The molecule has 1 aromatic rings. The Labute approximate surface area is 122 Å². The van der Waals surface area contributed by atoms with Gasteiger partial charge >= 0.3 is 0 Å². The van der Waals surface area contributed by atoms with Crippen LogP contribution in [-0.2, 0) is 4.74 Å². The summed E-state index contributed by atoms with van der Waals surface area (Å²) in [6.45, 7) is 5.88. The number of morpholine rings is 1. The second-order valence-electron chi connectivity index (χ2n) is 4.25. The van der Waals surface area contributed by atoms with Crippen LogP contribution in [0.3, 0.4) is 0 Å². The maximum Gasteiger partial charge on any atom is 0.231 e. The van der Waals surface area contributed by atoms with E-state index in [0.29, 0.717) is 30.4 Å². The number of nitrogens with one attached hydrogen (secondary N) is 1. The normalized spacial score (nSPS) is 17.3. The number of ether oxygens (including phenoxy) is 1. The first-order valence-electron chi connectivity index (χ1n) is 6.20. The molecule has 1 aliphatic heterocycles. The molecular weight excluding hydrogens is 286 g/mol. The molecule has 2 heterocycles. The van der Waals surface area contributed by atoms with E-state index in [1.165, 1.54) is 0 Å². The van der Waals surface area contributed by atoms with Gasteiger partial charge in [0, 0.05) is 24.9 Å². The zero-order valence-electron chi connectivity index (χ0n) is 11.1. The average molecular weight is 304 g/mol. The molecule has 0 amide bonds. The molecule has 0 bridgehead atoms. The summed E-state index contributed by atoms with van der Waals surface area (Å²) in [4.78, 5) is 14.7. The van der Waals surface area contributed by atoms with Crippen molar-refractivity contribution in [3.8, 4) is 0 Å². The van der Waals surface area contributed by atoms with Gasteiger partial charge in [-0.2, -0.15) is 26.7 Å². The van der Waals surface area contributed by atoms with Crippen molar-refractivity contribution < 1.29 is 4.74 Å². The smallest absolute Gasteiger partial charge is 0.231 e. The summed E-state index contributed by atoms with van der Waals surface area (Å²) in [5.41, 5.74) is 0. The predicted octanol–water partition coefficient (Wildman–Crippen LogP) is 1.52. The molecular formula is C11H18ClN5OS. The number of hydrogen-bond donors (Lipinski definition) is 1. The molecule has 0 aromatic carbocycles. The number of halogens is 1. The minimum absolute atomic E-state index is 0.218. The molecule has 2 rings (SSSR count). The first-order chi connectivity index (χ1) is 9.19. The summed E-state index contributed by atoms with van der Waals surface area (Å²) in [5.74, 6) is 1.14. The number of anilines is 2. The monoisotopic (exact) mass is 303 g/mol. The summed E-state index contributed by atoms with van der Waals surface area (Å²) >= 11 is 7.74. The van der Waals surface area contributed by atoms with E-state index in [4.69, 9.17) is 16.3 Å². The quantitative estimate of drug-likeness (QED) is 0.885. The number of rotatable bonds is 5. The molecule has 1 aliphatic rings. The van der Waals surface area contributed by atoms with E-state index in [2.05, 4.69) is 38.3 Å². The molecule has 1 fully saturated rings. The largest absolute Gasteiger partial charge is 0.378 e. The molecule has 1 saturated heterocycles. The molecule has 1 N–H and O–H groups in total. The van der Waals surface area contributed by atoms with Gasteiger partial charge in [0.1, 0.15) is 0 Å². The van der Waals surface area contributed by atoms with Crippen LogP contribution in [0.2, 0.25) is 5.28 Å². The van der Waals surface area contributed by atoms with Crippen molar-refractivity contribution in [1.82, 2.24) is 15.0 Å². The van der Waals surface area contributed by atoms with Gasteiger partial charge in [-0.1, -0.05) is 6.92 Å². The zero-order chi connectivity index (χ0) is 13.7. The minimum atomic E-state index is 0.218. The number of nitrogens with zero attached hydrogens (tertiary/aromatic N) is 4. The fraction of sp³-hybridized carbons (Fsp3) is 0.727. The second-order valence-corrected chi connectivity index (χ2v) is 5.87. The Kier molecular flexibility index (Phi) is 5.47. The first kappa shape index (κ1) is 14.6. The lowest BCUT2D eigenvalue weighted by Gasteiger charge is -2.26. The molecule has 1 unspecified atom stereocenters. The Morgan fingerprint density at radius 1 is 1.37 bits per heavy atom. The highest BCUT2D eigenvalue weighted by molar-refractivity contribution is 7.99. The van der Waals surface area contributed by atoms with E-state index in [1.807, 2.05) is 0 Å². The molecule has 1 aromatic heterocycles. The van der Waals surface area contributed by atoms with Crippen molar-refractivity contribution in [2.75, 3.05) is 49.3 Å². The second kappa shape index (κ2) is 7.12. The molecule has 6 nitrogen and oxygen atoms in total. The standard InChI is InChI=1S/C11H18ClN5OS/c1-8(19-2)7-13-10-14-9(12)15-11(16-10)17-3-5-18-6-4-17/h8H,3-7H2,1-2H3,(H,13,14,15,16). The van der Waals surface area contributed by atoms with Gasteiger partial charge in [-0.3, -0.25) is 0 Å². The van der Waals surface area contributed by atoms with Gasteiger partial charge in [-0.05, 0) is 17.9 Å². The van der Waals surface area contributed by atoms with Crippen LogP contribution >= 0.6 is 23.4 Å². The summed E-state index contributed by atoms with van der Waals surface area (Å²) < 4.78 is 5.31. The number of thioether (sulfide) groups is 1. The highest BCUT2D eigenvalue weighted by Gasteiger charge is 2.16. The van der Waals surface area contributed by atoms with Crippen LogP contribution < -0.4 is 10.2 Å². The van der Waals surface area contributed by atoms with Crippen molar-refractivity contribution in [2.45, 2.75) is 12.2 Å². The third kappa shape index (κ3) is 4.36. The lowest BCUT2D eigenvalue weighted by Crippen LogP contribution is -2.37. The van der Waals surface area contributed by atoms with Crippen LogP contribution in [0.5, 0.6) is 0 Å². The van der Waals surface area contributed by atoms with Gasteiger partial charge in [0.25, 0.3) is 0 Å². The van der Waals surface area contributed by atoms with Crippen molar-refractivity contribution in [3.05, 3.63) is 5.28 Å². The maximum absolute atomic E-state index is 5.95. The maximum atomic E-state index is 5.95. The van der Waals surface area contributed by atoms with Crippen LogP contribution in [0, 0.1) is 0 Å². The summed E-state index contributed by atoms with van der Waals surface area (Å²) in [6, 6.07) is 0. The van der Waals surface area contributed by atoms with Crippen LogP contribution in [0.1, 0.15) is 6.92 Å². The SMILES string of the molecule is CSC(C)CNc1nc(Cl)nc(N2CCOCC2)n1. The van der Waals surface area contributed by atoms with Crippen LogP contribution in [0.4, 0.5) is 11.9 Å². The van der Waals surface area contributed by atoms with Crippen molar-refractivity contribution in [2.24, 2.45) is 0 Å². The average Bonchev–Trinajstić information content (AvgIpc) is 2.45. The van der Waals surface area contributed by atoms with Crippen LogP contribution in [0.15, 0.2) is 0 Å². The Hall–Kier alpha value is -0.790. The molecule has 8 heteroatoms. The molecule has 0 aliphatic carbocycles. The summed E-state index contributed by atoms with van der Waals surface area (Å²) in [7, 11) is 0.